The maximum Gasteiger partial charge on any atom is 0.338 e. The van der Waals surface area contributed by atoms with Crippen LogP contribution >= 0.6 is 0 Å². The van der Waals surface area contributed by atoms with Crippen LogP contribution in [0.1, 0.15) is 94.3 Å². The topological polar surface area (TPSA) is 83.8 Å². The number of hydrogen-bond acceptors (Lipinski definition) is 8. The number of ether oxygens (including phenoxy) is 2. The first-order valence-corrected chi connectivity index (χ1v) is 21.0. The van der Waals surface area contributed by atoms with E-state index in [-0.39, 0.29) is 11.9 Å². The Balaban J connectivity index is 0.759. The predicted molar refractivity (Wildman–Crippen MR) is 242 cm³/mol. The van der Waals surface area contributed by atoms with Gasteiger partial charge in [0.05, 0.1) is 47.1 Å². The van der Waals surface area contributed by atoms with Crippen molar-refractivity contribution in [2.75, 3.05) is 37.3 Å². The molecule has 6 aromatic rings. The summed E-state index contributed by atoms with van der Waals surface area (Å²) in [6, 6.07) is 47.9. The van der Waals surface area contributed by atoms with Gasteiger partial charge in [-0.1, -0.05) is 148 Å². The zero-order chi connectivity index (χ0) is 41.3. The van der Waals surface area contributed by atoms with Crippen LogP contribution < -0.4 is 10.0 Å². The van der Waals surface area contributed by atoms with Gasteiger partial charge < -0.3 is 9.47 Å². The van der Waals surface area contributed by atoms with Gasteiger partial charge in [0, 0.05) is 47.5 Å². The molecule has 60 heavy (non-hydrogen) atoms. The number of carbonyl (C=O) groups excluding carboxylic acids is 2. The fourth-order valence-corrected chi connectivity index (χ4v) is 8.19. The fourth-order valence-electron chi connectivity index (χ4n) is 8.19. The van der Waals surface area contributed by atoms with E-state index >= 15 is 0 Å². The average molecular weight is 795 g/mol. The molecule has 0 spiro atoms. The number of hydrazone groups is 2. The molecule has 6 aromatic carbocycles. The molecule has 0 atom stereocenters. The average Bonchev–Trinajstić information content (AvgIpc) is 3.79. The van der Waals surface area contributed by atoms with E-state index in [1.165, 1.54) is 0 Å². The van der Waals surface area contributed by atoms with Crippen LogP contribution in [0.4, 0.5) is 11.4 Å². The van der Waals surface area contributed by atoms with Gasteiger partial charge in [0.25, 0.3) is 0 Å². The van der Waals surface area contributed by atoms with Gasteiger partial charge in [0.2, 0.25) is 0 Å². The van der Waals surface area contributed by atoms with Gasteiger partial charge in [0.15, 0.2) is 0 Å². The Morgan fingerprint density at radius 3 is 1.13 bits per heavy atom. The second-order valence-electron chi connectivity index (χ2n) is 15.3. The third kappa shape index (κ3) is 8.64. The summed E-state index contributed by atoms with van der Waals surface area (Å²) in [5, 5.41) is 13.7. The third-order valence-corrected chi connectivity index (χ3v) is 11.2. The van der Waals surface area contributed by atoms with Crippen molar-refractivity contribution in [1.29, 1.82) is 0 Å². The summed E-state index contributed by atoms with van der Waals surface area (Å²) in [7, 11) is 3.88. The predicted octanol–water partition coefficient (Wildman–Crippen LogP) is 11.6. The number of para-hydroxylation sites is 2. The van der Waals surface area contributed by atoms with E-state index in [1.807, 2.05) is 145 Å². The van der Waals surface area contributed by atoms with Crippen LogP contribution in [0.2, 0.25) is 0 Å². The maximum atomic E-state index is 13.4. The highest BCUT2D eigenvalue weighted by Gasteiger charge is 2.31. The van der Waals surface area contributed by atoms with Crippen molar-refractivity contribution in [3.63, 3.8) is 0 Å². The van der Waals surface area contributed by atoms with Gasteiger partial charge in [-0.15, -0.1) is 0 Å². The first-order chi connectivity index (χ1) is 29.5. The monoisotopic (exact) mass is 794 g/mol. The number of hydrogen-bond donors (Lipinski definition) is 0. The van der Waals surface area contributed by atoms with E-state index in [4.69, 9.17) is 19.7 Å². The molecular formula is C52H50N4O4. The molecule has 0 saturated carbocycles. The standard InChI is InChI=1S/C52H50N4O4/c1-55(37-23-11-9-12-24-37)53-49-41-29-17-15-27-39(41)47-43(49)31-21-33-45(47)51(57)59-35-19-7-5-3-4-6-8-20-36-60-52(58)46-34-22-32-44-48(46)40-28-16-18-30-42(40)50(44)54-56(2)38-25-13-10-14-26-38/h9-18,21-34H,3-8,19-20,35-36H2,1-2H3. The Morgan fingerprint density at radius 2 is 0.733 bits per heavy atom. The van der Waals surface area contributed by atoms with E-state index in [9.17, 15) is 9.59 Å². The molecule has 0 unspecified atom stereocenters. The molecule has 0 amide bonds. The summed E-state index contributed by atoms with van der Waals surface area (Å²) in [6.07, 6.45) is 8.07. The second-order valence-corrected chi connectivity index (χ2v) is 15.3. The van der Waals surface area contributed by atoms with Crippen molar-refractivity contribution in [2.24, 2.45) is 10.2 Å². The fraction of sp³-hybridized carbons (Fsp3) is 0.231. The normalized spacial score (nSPS) is 13.4. The SMILES string of the molecule is CN(N=C1c2ccccc2-c2c(C(=O)OCCCCCCCCCCOC(=O)c3cccc4c3-c3ccccc3C4=NN(C)c3ccccc3)cccc21)c1ccccc1. The molecule has 8 nitrogen and oxygen atoms in total. The first kappa shape index (κ1) is 40.0. The molecule has 0 aromatic heterocycles. The molecule has 0 aliphatic heterocycles. The smallest absolute Gasteiger partial charge is 0.338 e. The number of nitrogens with zero attached hydrogens (tertiary/aromatic N) is 4. The van der Waals surface area contributed by atoms with Crippen LogP contribution in [-0.2, 0) is 9.47 Å². The van der Waals surface area contributed by atoms with Crippen LogP contribution in [-0.4, -0.2) is 50.7 Å². The number of carbonyl (C=O) groups is 2. The van der Waals surface area contributed by atoms with E-state index in [2.05, 4.69) is 24.3 Å². The van der Waals surface area contributed by atoms with Gasteiger partial charge in [-0.2, -0.15) is 10.2 Å². The summed E-state index contributed by atoms with van der Waals surface area (Å²) < 4.78 is 11.6. The quantitative estimate of drug-likeness (QED) is 0.0518. The molecule has 0 N–H and O–H groups in total. The molecule has 302 valence electrons. The van der Waals surface area contributed by atoms with Crippen LogP contribution in [0.15, 0.2) is 156 Å². The Hall–Kier alpha value is -6.80. The highest BCUT2D eigenvalue weighted by atomic mass is 16.5. The molecule has 8 heteroatoms. The summed E-state index contributed by atoms with van der Waals surface area (Å²) in [5.74, 6) is -0.599. The lowest BCUT2D eigenvalue weighted by atomic mass is 9.99. The summed E-state index contributed by atoms with van der Waals surface area (Å²) in [5.41, 5.74) is 12.4. The molecule has 0 radical (unpaired) electrons. The number of unbranched alkanes of at least 4 members (excludes halogenated alkanes) is 7. The highest BCUT2D eigenvalue weighted by molar-refractivity contribution is 6.27. The van der Waals surface area contributed by atoms with Crippen molar-refractivity contribution in [3.05, 3.63) is 179 Å². The molecule has 0 fully saturated rings. The number of benzene rings is 6. The molecular weight excluding hydrogens is 745 g/mol. The zero-order valence-corrected chi connectivity index (χ0v) is 34.3. The minimum atomic E-state index is -0.299. The summed E-state index contributed by atoms with van der Waals surface area (Å²) >= 11 is 0. The Morgan fingerprint density at radius 1 is 0.400 bits per heavy atom. The number of anilines is 2. The van der Waals surface area contributed by atoms with Crippen LogP contribution in [0.5, 0.6) is 0 Å². The van der Waals surface area contributed by atoms with Crippen LogP contribution in [0.25, 0.3) is 22.3 Å². The molecule has 0 bridgehead atoms. The molecule has 2 aliphatic rings. The molecule has 2 aliphatic carbocycles. The van der Waals surface area contributed by atoms with Crippen LogP contribution in [0, 0.1) is 0 Å². The largest absolute Gasteiger partial charge is 0.462 e. The first-order valence-electron chi connectivity index (χ1n) is 21.0. The Kier molecular flexibility index (Phi) is 12.6. The van der Waals surface area contributed by atoms with E-state index in [1.54, 1.807) is 0 Å². The number of esters is 2. The summed E-state index contributed by atoms with van der Waals surface area (Å²) in [4.78, 5) is 26.9. The molecule has 0 saturated heterocycles. The maximum absolute atomic E-state index is 13.4. The lowest BCUT2D eigenvalue weighted by Crippen LogP contribution is -2.14. The van der Waals surface area contributed by atoms with Crippen molar-refractivity contribution in [3.8, 4) is 22.3 Å². The third-order valence-electron chi connectivity index (χ3n) is 11.2. The van der Waals surface area contributed by atoms with Crippen molar-refractivity contribution >= 4 is 34.7 Å². The van der Waals surface area contributed by atoms with Crippen molar-refractivity contribution in [1.82, 2.24) is 0 Å². The zero-order valence-electron chi connectivity index (χ0n) is 34.3. The number of rotatable bonds is 17. The second kappa shape index (κ2) is 18.9. The molecule has 8 rings (SSSR count). The van der Waals surface area contributed by atoms with E-state index in [0.29, 0.717) is 24.3 Å². The van der Waals surface area contributed by atoms with Crippen molar-refractivity contribution < 1.29 is 19.1 Å². The lowest BCUT2D eigenvalue weighted by molar-refractivity contribution is 0.0488. The van der Waals surface area contributed by atoms with Gasteiger partial charge in [-0.3, -0.25) is 10.0 Å². The van der Waals surface area contributed by atoms with E-state index < -0.39 is 0 Å². The minimum absolute atomic E-state index is 0.299. The number of fused-ring (bicyclic) bond motifs is 6. The van der Waals surface area contributed by atoms with Crippen molar-refractivity contribution in [2.45, 2.75) is 51.4 Å². The van der Waals surface area contributed by atoms with Gasteiger partial charge in [0.1, 0.15) is 0 Å². The van der Waals surface area contributed by atoms with Crippen LogP contribution in [0.3, 0.4) is 0 Å². The Labute approximate surface area is 352 Å². The summed E-state index contributed by atoms with van der Waals surface area (Å²) in [6.45, 7) is 0.782. The Bertz CT molecular complexity index is 2350. The highest BCUT2D eigenvalue weighted by Crippen LogP contribution is 2.41. The lowest BCUT2D eigenvalue weighted by Gasteiger charge is -2.15. The molecule has 0 heterocycles. The van der Waals surface area contributed by atoms with E-state index in [0.717, 1.165) is 119 Å². The van der Waals surface area contributed by atoms with Gasteiger partial charge in [-0.05, 0) is 60.4 Å². The minimum Gasteiger partial charge on any atom is -0.462 e. The van der Waals surface area contributed by atoms with Gasteiger partial charge in [-0.25, -0.2) is 9.59 Å². The van der Waals surface area contributed by atoms with Gasteiger partial charge >= 0.3 is 11.9 Å².